The second-order valence-corrected chi connectivity index (χ2v) is 5.11. The number of hydrogen-bond acceptors (Lipinski definition) is 3. The molecule has 4 rings (SSSR count). The zero-order valence-corrected chi connectivity index (χ0v) is 10.3. The van der Waals surface area contributed by atoms with Crippen LogP contribution in [0, 0.1) is 0 Å². The molecule has 3 heteroatoms. The molecule has 0 unspecified atom stereocenters. The molecule has 0 atom stereocenters. The molecule has 0 saturated heterocycles. The van der Waals surface area contributed by atoms with E-state index in [4.69, 9.17) is 4.42 Å². The summed E-state index contributed by atoms with van der Waals surface area (Å²) in [6, 6.07) is 16.4. The molecule has 0 saturated carbocycles. The molecule has 2 aromatic carbocycles. The Bertz CT molecular complexity index is 778. The van der Waals surface area contributed by atoms with Crippen LogP contribution < -0.4 is 0 Å². The van der Waals surface area contributed by atoms with Crippen LogP contribution in [0.1, 0.15) is 0 Å². The Hall–Kier alpha value is -2.13. The van der Waals surface area contributed by atoms with Crippen LogP contribution in [0.15, 0.2) is 58.3 Å². The molecule has 2 aromatic heterocycles. The fourth-order valence-corrected chi connectivity index (χ4v) is 2.77. The minimum Gasteiger partial charge on any atom is -0.435 e. The van der Waals surface area contributed by atoms with E-state index in [1.165, 1.54) is 10.8 Å². The van der Waals surface area contributed by atoms with Gasteiger partial charge in [0.25, 0.3) is 0 Å². The van der Waals surface area contributed by atoms with Gasteiger partial charge in [-0.2, -0.15) is 0 Å². The Morgan fingerprint density at radius 1 is 0.944 bits per heavy atom. The van der Waals surface area contributed by atoms with E-state index in [2.05, 4.69) is 29.2 Å². The highest BCUT2D eigenvalue weighted by molar-refractivity contribution is 7.13. The van der Waals surface area contributed by atoms with Crippen LogP contribution in [0.25, 0.3) is 32.6 Å². The van der Waals surface area contributed by atoms with E-state index in [0.29, 0.717) is 5.89 Å². The summed E-state index contributed by atoms with van der Waals surface area (Å²) in [4.78, 5) is 5.61. The highest BCUT2D eigenvalue weighted by Gasteiger charge is 2.09. The maximum Gasteiger partial charge on any atom is 0.237 e. The molecule has 2 heterocycles. The van der Waals surface area contributed by atoms with E-state index < -0.39 is 0 Å². The molecule has 0 fully saturated rings. The lowest BCUT2D eigenvalue weighted by Crippen LogP contribution is -1.73. The predicted octanol–water partition coefficient (Wildman–Crippen LogP) is 4.71. The van der Waals surface area contributed by atoms with Gasteiger partial charge in [0, 0.05) is 0 Å². The number of oxazole rings is 1. The third-order valence-electron chi connectivity index (χ3n) is 2.99. The van der Waals surface area contributed by atoms with Gasteiger partial charge in [0.2, 0.25) is 5.89 Å². The van der Waals surface area contributed by atoms with Crippen molar-refractivity contribution in [2.24, 2.45) is 0 Å². The van der Waals surface area contributed by atoms with Crippen molar-refractivity contribution in [3.8, 4) is 10.8 Å². The van der Waals surface area contributed by atoms with Crippen molar-refractivity contribution < 1.29 is 4.42 Å². The average molecular weight is 251 g/mol. The topological polar surface area (TPSA) is 26.0 Å². The molecule has 4 aromatic rings. The lowest BCUT2D eigenvalue weighted by molar-refractivity contribution is 0.622. The summed E-state index contributed by atoms with van der Waals surface area (Å²) in [6.45, 7) is 0. The molecular formula is C15H9NOS. The van der Waals surface area contributed by atoms with Crippen molar-refractivity contribution in [2.45, 2.75) is 0 Å². The van der Waals surface area contributed by atoms with Gasteiger partial charge < -0.3 is 4.42 Å². The summed E-state index contributed by atoms with van der Waals surface area (Å²) in [5.74, 6) is 0.704. The summed E-state index contributed by atoms with van der Waals surface area (Å²) < 4.78 is 5.82. The van der Waals surface area contributed by atoms with Gasteiger partial charge in [-0.15, -0.1) is 11.3 Å². The second kappa shape index (κ2) is 3.68. The summed E-state index contributed by atoms with van der Waals surface area (Å²) in [7, 11) is 0. The lowest BCUT2D eigenvalue weighted by atomic mass is 10.1. The minimum atomic E-state index is 0.704. The quantitative estimate of drug-likeness (QED) is 0.489. The van der Waals surface area contributed by atoms with E-state index in [9.17, 15) is 0 Å². The predicted molar refractivity (Wildman–Crippen MR) is 74.8 cm³/mol. The smallest absolute Gasteiger partial charge is 0.237 e. The Kier molecular flexibility index (Phi) is 2.02. The molecule has 0 spiro atoms. The number of nitrogens with zero attached hydrogens (tertiary/aromatic N) is 1. The van der Waals surface area contributed by atoms with E-state index in [0.717, 1.165) is 16.0 Å². The Morgan fingerprint density at radius 3 is 2.56 bits per heavy atom. The van der Waals surface area contributed by atoms with Crippen LogP contribution in [-0.4, -0.2) is 4.98 Å². The minimum absolute atomic E-state index is 0.704. The SMILES string of the molecule is c1csc(-c2nc3cc4ccccc4cc3o2)c1. The third kappa shape index (κ3) is 1.45. The zero-order valence-electron chi connectivity index (χ0n) is 9.46. The van der Waals surface area contributed by atoms with Crippen LogP contribution in [0.5, 0.6) is 0 Å². The molecule has 0 radical (unpaired) electrons. The molecule has 86 valence electrons. The first-order valence-electron chi connectivity index (χ1n) is 5.73. The van der Waals surface area contributed by atoms with Gasteiger partial charge in [-0.25, -0.2) is 4.98 Å². The summed E-state index contributed by atoms with van der Waals surface area (Å²) in [5.41, 5.74) is 1.76. The number of fused-ring (bicyclic) bond motifs is 2. The largest absolute Gasteiger partial charge is 0.435 e. The lowest BCUT2D eigenvalue weighted by Gasteiger charge is -1.94. The highest BCUT2D eigenvalue weighted by Crippen LogP contribution is 2.29. The normalized spacial score (nSPS) is 11.3. The number of thiophene rings is 1. The van der Waals surface area contributed by atoms with Crippen molar-refractivity contribution in [1.82, 2.24) is 4.98 Å². The van der Waals surface area contributed by atoms with Gasteiger partial charge in [0.15, 0.2) is 5.58 Å². The van der Waals surface area contributed by atoms with E-state index in [-0.39, 0.29) is 0 Å². The molecule has 0 amide bonds. The summed E-state index contributed by atoms with van der Waals surface area (Å²) >= 11 is 1.64. The summed E-state index contributed by atoms with van der Waals surface area (Å²) in [5, 5.41) is 4.40. The molecule has 0 aliphatic rings. The fourth-order valence-electron chi connectivity index (χ4n) is 2.12. The Morgan fingerprint density at radius 2 is 1.78 bits per heavy atom. The molecular weight excluding hydrogens is 242 g/mol. The molecule has 0 aliphatic carbocycles. The standard InChI is InChI=1S/C15H9NOS/c1-2-5-11-9-13-12(8-10(11)4-1)16-15(17-13)14-6-3-7-18-14/h1-9H. The Balaban J connectivity index is 2.02. The fraction of sp³-hybridized carbons (Fsp3) is 0. The van der Waals surface area contributed by atoms with Crippen molar-refractivity contribution in [3.05, 3.63) is 53.9 Å². The van der Waals surface area contributed by atoms with Crippen LogP contribution in [0.3, 0.4) is 0 Å². The van der Waals surface area contributed by atoms with Gasteiger partial charge in [0.05, 0.1) is 4.88 Å². The van der Waals surface area contributed by atoms with E-state index in [1.54, 1.807) is 11.3 Å². The van der Waals surface area contributed by atoms with Gasteiger partial charge in [-0.1, -0.05) is 30.3 Å². The van der Waals surface area contributed by atoms with Crippen LogP contribution >= 0.6 is 11.3 Å². The zero-order chi connectivity index (χ0) is 11.9. The molecule has 0 aliphatic heterocycles. The first-order chi connectivity index (χ1) is 8.90. The number of rotatable bonds is 1. The van der Waals surface area contributed by atoms with Crippen LogP contribution in [0.2, 0.25) is 0 Å². The van der Waals surface area contributed by atoms with E-state index in [1.807, 2.05) is 29.6 Å². The van der Waals surface area contributed by atoms with Gasteiger partial charge in [0.1, 0.15) is 5.52 Å². The summed E-state index contributed by atoms with van der Waals surface area (Å²) in [6.07, 6.45) is 0. The van der Waals surface area contributed by atoms with Gasteiger partial charge >= 0.3 is 0 Å². The van der Waals surface area contributed by atoms with Crippen LogP contribution in [0.4, 0.5) is 0 Å². The van der Waals surface area contributed by atoms with E-state index >= 15 is 0 Å². The van der Waals surface area contributed by atoms with Crippen molar-refractivity contribution in [3.63, 3.8) is 0 Å². The third-order valence-corrected chi connectivity index (χ3v) is 3.85. The average Bonchev–Trinajstić information content (AvgIpc) is 3.04. The monoisotopic (exact) mass is 251 g/mol. The van der Waals surface area contributed by atoms with Crippen molar-refractivity contribution >= 4 is 33.2 Å². The molecule has 0 bridgehead atoms. The Labute approximate surface area is 108 Å². The first-order valence-corrected chi connectivity index (χ1v) is 6.61. The maximum absolute atomic E-state index is 5.82. The number of hydrogen-bond donors (Lipinski definition) is 0. The van der Waals surface area contributed by atoms with Gasteiger partial charge in [-0.3, -0.25) is 0 Å². The van der Waals surface area contributed by atoms with Crippen LogP contribution in [-0.2, 0) is 0 Å². The molecule has 0 N–H and O–H groups in total. The first kappa shape index (κ1) is 9.85. The maximum atomic E-state index is 5.82. The van der Waals surface area contributed by atoms with Gasteiger partial charge in [-0.05, 0) is 34.4 Å². The highest BCUT2D eigenvalue weighted by atomic mass is 32.1. The molecule has 18 heavy (non-hydrogen) atoms. The van der Waals surface area contributed by atoms with Crippen molar-refractivity contribution in [1.29, 1.82) is 0 Å². The molecule has 2 nitrogen and oxygen atoms in total. The number of aromatic nitrogens is 1. The van der Waals surface area contributed by atoms with Crippen molar-refractivity contribution in [2.75, 3.05) is 0 Å². The second-order valence-electron chi connectivity index (χ2n) is 4.16. The number of benzene rings is 2.